The van der Waals surface area contributed by atoms with Gasteiger partial charge in [-0.25, -0.2) is 4.79 Å². The van der Waals surface area contributed by atoms with Crippen LogP contribution in [0.4, 0.5) is 0 Å². The first kappa shape index (κ1) is 13.4. The van der Waals surface area contributed by atoms with E-state index in [0.717, 1.165) is 6.42 Å². The third kappa shape index (κ3) is 4.08. The lowest BCUT2D eigenvalue weighted by Crippen LogP contribution is -2.30. The number of carbonyl (C=O) groups excluding carboxylic acids is 1. The molecule has 0 aromatic rings. The van der Waals surface area contributed by atoms with Crippen LogP contribution in [0.2, 0.25) is 0 Å². The Labute approximate surface area is 96.2 Å². The maximum absolute atomic E-state index is 11.6. The second-order valence-electron chi connectivity index (χ2n) is 3.97. The molecule has 0 aromatic heterocycles. The summed E-state index contributed by atoms with van der Waals surface area (Å²) in [5.41, 5.74) is 5.47. The molecule has 1 heterocycles. The van der Waals surface area contributed by atoms with Crippen molar-refractivity contribution < 1.29 is 19.0 Å². The van der Waals surface area contributed by atoms with Crippen LogP contribution >= 0.6 is 0 Å². The average molecular weight is 231 g/mol. The first-order valence-corrected chi connectivity index (χ1v) is 5.81. The molecule has 0 radical (unpaired) electrons. The monoisotopic (exact) mass is 231 g/mol. The zero-order valence-corrected chi connectivity index (χ0v) is 9.98. The van der Waals surface area contributed by atoms with Crippen molar-refractivity contribution in [2.75, 3.05) is 19.8 Å². The Bertz CT molecular complexity index is 222. The van der Waals surface area contributed by atoms with E-state index in [9.17, 15) is 4.79 Å². The number of esters is 1. The van der Waals surface area contributed by atoms with Gasteiger partial charge in [0.05, 0.1) is 12.7 Å². The zero-order chi connectivity index (χ0) is 12.0. The fourth-order valence-electron chi connectivity index (χ4n) is 1.64. The Morgan fingerprint density at radius 2 is 2.31 bits per heavy atom. The average Bonchev–Trinajstić information content (AvgIpc) is 2.74. The maximum Gasteiger partial charge on any atom is 0.335 e. The van der Waals surface area contributed by atoms with Gasteiger partial charge >= 0.3 is 5.97 Å². The van der Waals surface area contributed by atoms with Crippen molar-refractivity contribution >= 4 is 5.97 Å². The number of hydrogen-bond acceptors (Lipinski definition) is 5. The number of carbonyl (C=O) groups is 1. The molecule has 1 aliphatic heterocycles. The van der Waals surface area contributed by atoms with Gasteiger partial charge < -0.3 is 19.9 Å². The van der Waals surface area contributed by atoms with Crippen molar-refractivity contribution in [3.63, 3.8) is 0 Å². The van der Waals surface area contributed by atoms with E-state index in [1.165, 1.54) is 0 Å². The fraction of sp³-hybridized carbons (Fsp3) is 0.909. The van der Waals surface area contributed by atoms with Crippen molar-refractivity contribution in [2.24, 2.45) is 5.73 Å². The molecule has 0 spiro atoms. The summed E-state index contributed by atoms with van der Waals surface area (Å²) in [5, 5.41) is 0. The van der Waals surface area contributed by atoms with Crippen molar-refractivity contribution in [3.8, 4) is 0 Å². The van der Waals surface area contributed by atoms with E-state index in [0.29, 0.717) is 26.2 Å². The van der Waals surface area contributed by atoms with E-state index >= 15 is 0 Å². The highest BCUT2D eigenvalue weighted by Crippen LogP contribution is 2.20. The van der Waals surface area contributed by atoms with Crippen LogP contribution in [0.1, 0.15) is 26.7 Å². The summed E-state index contributed by atoms with van der Waals surface area (Å²) >= 11 is 0. The second-order valence-corrected chi connectivity index (χ2v) is 3.97. The van der Waals surface area contributed by atoms with Gasteiger partial charge in [0.15, 0.2) is 6.10 Å². The summed E-state index contributed by atoms with van der Waals surface area (Å²) in [6.07, 6.45) is 0.850. The van der Waals surface area contributed by atoms with Gasteiger partial charge in [-0.1, -0.05) is 0 Å². The SMILES string of the molecule is CCOCC(C)OC(=O)C1CCC(CN)O1. The predicted octanol–water partition coefficient (Wildman–Crippen LogP) is 0.461. The molecule has 2 N–H and O–H groups in total. The third-order valence-electron chi connectivity index (χ3n) is 2.51. The molecule has 5 nitrogen and oxygen atoms in total. The molecule has 3 unspecified atom stereocenters. The normalized spacial score (nSPS) is 26.7. The Hall–Kier alpha value is -0.650. The predicted molar refractivity (Wildman–Crippen MR) is 59.0 cm³/mol. The highest BCUT2D eigenvalue weighted by molar-refractivity contribution is 5.75. The molecule has 16 heavy (non-hydrogen) atoms. The van der Waals surface area contributed by atoms with Crippen LogP contribution < -0.4 is 5.73 Å². The van der Waals surface area contributed by atoms with E-state index < -0.39 is 6.10 Å². The molecule has 1 saturated heterocycles. The van der Waals surface area contributed by atoms with Crippen molar-refractivity contribution in [1.29, 1.82) is 0 Å². The maximum atomic E-state index is 11.6. The van der Waals surface area contributed by atoms with Crippen molar-refractivity contribution in [3.05, 3.63) is 0 Å². The highest BCUT2D eigenvalue weighted by atomic mass is 16.6. The number of ether oxygens (including phenoxy) is 3. The van der Waals surface area contributed by atoms with E-state index in [-0.39, 0.29) is 18.2 Å². The minimum Gasteiger partial charge on any atom is -0.458 e. The molecule has 0 amide bonds. The Morgan fingerprint density at radius 3 is 2.88 bits per heavy atom. The quantitative estimate of drug-likeness (QED) is 0.672. The molecule has 5 heteroatoms. The topological polar surface area (TPSA) is 70.8 Å². The third-order valence-corrected chi connectivity index (χ3v) is 2.51. The van der Waals surface area contributed by atoms with E-state index in [4.69, 9.17) is 19.9 Å². The van der Waals surface area contributed by atoms with Gasteiger partial charge in [-0.15, -0.1) is 0 Å². The van der Waals surface area contributed by atoms with Gasteiger partial charge in [-0.2, -0.15) is 0 Å². The molecule has 94 valence electrons. The number of nitrogens with two attached hydrogens (primary N) is 1. The van der Waals surface area contributed by atoms with Crippen LogP contribution in [-0.4, -0.2) is 44.0 Å². The first-order valence-electron chi connectivity index (χ1n) is 5.81. The summed E-state index contributed by atoms with van der Waals surface area (Å²) in [6, 6.07) is 0. The molecular formula is C11H21NO4. The Morgan fingerprint density at radius 1 is 1.56 bits per heavy atom. The van der Waals surface area contributed by atoms with Gasteiger partial charge in [0.2, 0.25) is 0 Å². The van der Waals surface area contributed by atoms with Gasteiger partial charge in [0.25, 0.3) is 0 Å². The Kier molecular flexibility index (Phi) is 5.73. The van der Waals surface area contributed by atoms with Crippen LogP contribution in [-0.2, 0) is 19.0 Å². The molecule has 1 fully saturated rings. The van der Waals surface area contributed by atoms with Gasteiger partial charge in [-0.05, 0) is 26.7 Å². The van der Waals surface area contributed by atoms with Crippen LogP contribution in [0.15, 0.2) is 0 Å². The molecule has 3 atom stereocenters. The fourth-order valence-corrected chi connectivity index (χ4v) is 1.64. The summed E-state index contributed by atoms with van der Waals surface area (Å²) in [4.78, 5) is 11.6. The number of hydrogen-bond donors (Lipinski definition) is 1. The molecular weight excluding hydrogens is 210 g/mol. The Balaban J connectivity index is 2.24. The minimum absolute atomic E-state index is 0.000233. The van der Waals surface area contributed by atoms with E-state index in [1.54, 1.807) is 0 Å². The van der Waals surface area contributed by atoms with Crippen LogP contribution in [0, 0.1) is 0 Å². The smallest absolute Gasteiger partial charge is 0.335 e. The van der Waals surface area contributed by atoms with Crippen molar-refractivity contribution in [1.82, 2.24) is 0 Å². The van der Waals surface area contributed by atoms with Gasteiger partial charge in [-0.3, -0.25) is 0 Å². The second kappa shape index (κ2) is 6.83. The summed E-state index contributed by atoms with van der Waals surface area (Å²) in [5.74, 6) is -0.303. The summed E-state index contributed by atoms with van der Waals surface area (Å²) in [7, 11) is 0. The lowest BCUT2D eigenvalue weighted by atomic mass is 10.2. The van der Waals surface area contributed by atoms with Crippen LogP contribution in [0.25, 0.3) is 0 Å². The molecule has 1 rings (SSSR count). The minimum atomic E-state index is -0.447. The van der Waals surface area contributed by atoms with Crippen LogP contribution in [0.5, 0.6) is 0 Å². The largest absolute Gasteiger partial charge is 0.458 e. The molecule has 0 saturated carbocycles. The summed E-state index contributed by atoms with van der Waals surface area (Å²) < 4.78 is 15.8. The zero-order valence-electron chi connectivity index (χ0n) is 9.98. The summed E-state index contributed by atoms with van der Waals surface area (Å²) in [6.45, 7) is 5.22. The molecule has 0 aromatic carbocycles. The number of rotatable bonds is 6. The first-order chi connectivity index (χ1) is 7.67. The van der Waals surface area contributed by atoms with Crippen LogP contribution in [0.3, 0.4) is 0 Å². The molecule has 1 aliphatic rings. The molecule has 0 bridgehead atoms. The van der Waals surface area contributed by atoms with E-state index in [1.807, 2.05) is 13.8 Å². The highest BCUT2D eigenvalue weighted by Gasteiger charge is 2.31. The molecule has 0 aliphatic carbocycles. The lowest BCUT2D eigenvalue weighted by Gasteiger charge is -2.16. The van der Waals surface area contributed by atoms with Gasteiger partial charge in [0.1, 0.15) is 6.10 Å². The van der Waals surface area contributed by atoms with Gasteiger partial charge in [0, 0.05) is 13.2 Å². The standard InChI is InChI=1S/C11H21NO4/c1-3-14-7-8(2)15-11(13)10-5-4-9(6-12)16-10/h8-10H,3-7,12H2,1-2H3. The van der Waals surface area contributed by atoms with E-state index in [2.05, 4.69) is 0 Å². The lowest BCUT2D eigenvalue weighted by molar-refractivity contribution is -0.163. The van der Waals surface area contributed by atoms with Crippen molar-refractivity contribution in [2.45, 2.75) is 45.0 Å².